The summed E-state index contributed by atoms with van der Waals surface area (Å²) in [6.45, 7) is 11.1. The number of aliphatic imine (C=N–C) groups is 1. The maximum Gasteiger partial charge on any atom is 0.310 e. The molecule has 7 nitrogen and oxygen atoms in total. The van der Waals surface area contributed by atoms with E-state index in [4.69, 9.17) is 9.73 Å². The van der Waals surface area contributed by atoms with E-state index >= 15 is 0 Å². The number of carbonyl (C=O) groups is 3. The molecule has 1 unspecified atom stereocenters. The average Bonchev–Trinajstić information content (AvgIpc) is 2.97. The summed E-state index contributed by atoms with van der Waals surface area (Å²) in [5.74, 6) is -2.74. The van der Waals surface area contributed by atoms with Gasteiger partial charge in [-0.05, 0) is 39.7 Å². The van der Waals surface area contributed by atoms with Crippen LogP contribution in [0, 0.1) is 11.8 Å². The third-order valence-electron chi connectivity index (χ3n) is 5.83. The monoisotopic (exact) mass is 489 g/mol. The molecule has 1 aliphatic rings. The lowest BCUT2D eigenvalue weighted by Gasteiger charge is -2.28. The fourth-order valence-corrected chi connectivity index (χ4v) is 4.23. The minimum atomic E-state index is -1.16. The smallest absolute Gasteiger partial charge is 0.310 e. The third-order valence-corrected chi connectivity index (χ3v) is 5.83. The number of hydrogen-bond acceptors (Lipinski definition) is 5. The van der Waals surface area contributed by atoms with Crippen molar-refractivity contribution in [2.45, 2.75) is 58.7 Å². The molecule has 1 heterocycles. The number of rotatable bonds is 9. The number of para-hydroxylation sites is 1. The molecule has 0 fully saturated rings. The number of nitrogens with zero attached hydrogens (tertiary/aromatic N) is 1. The molecule has 0 aliphatic carbocycles. The second-order valence-corrected chi connectivity index (χ2v) is 9.85. The first-order chi connectivity index (χ1) is 17.1. The lowest BCUT2D eigenvalue weighted by atomic mass is 9.85. The van der Waals surface area contributed by atoms with Gasteiger partial charge in [0.25, 0.3) is 5.91 Å². The number of nitrogens with one attached hydrogen (secondary N) is 2. The zero-order chi connectivity index (χ0) is 26.3. The van der Waals surface area contributed by atoms with Crippen LogP contribution < -0.4 is 10.6 Å². The number of benzene rings is 2. The second-order valence-electron chi connectivity index (χ2n) is 9.85. The Balaban J connectivity index is 1.95. The molecule has 3 atom stereocenters. The van der Waals surface area contributed by atoms with E-state index in [1.807, 2.05) is 55.5 Å². The van der Waals surface area contributed by atoms with Crippen molar-refractivity contribution in [1.82, 2.24) is 5.32 Å². The van der Waals surface area contributed by atoms with E-state index < -0.39 is 41.4 Å². The Bertz CT molecular complexity index is 1130. The van der Waals surface area contributed by atoms with Gasteiger partial charge < -0.3 is 15.4 Å². The molecule has 1 aliphatic heterocycles. The van der Waals surface area contributed by atoms with Gasteiger partial charge in [-0.15, -0.1) is 6.58 Å². The quantitative estimate of drug-likeness (QED) is 0.388. The number of benzodiazepines with no additional fused rings is 1. The summed E-state index contributed by atoms with van der Waals surface area (Å²) in [6.07, 6.45) is 1.87. The van der Waals surface area contributed by atoms with Crippen molar-refractivity contribution in [1.29, 1.82) is 0 Å². The molecule has 0 bridgehead atoms. The maximum absolute atomic E-state index is 13.6. The van der Waals surface area contributed by atoms with E-state index in [-0.39, 0.29) is 6.42 Å². The van der Waals surface area contributed by atoms with Crippen LogP contribution in [0.1, 0.15) is 58.1 Å². The van der Waals surface area contributed by atoms with Gasteiger partial charge in [-0.25, -0.2) is 4.99 Å². The molecule has 7 heteroatoms. The molecular weight excluding hydrogens is 454 g/mol. The molecule has 0 saturated heterocycles. The van der Waals surface area contributed by atoms with Gasteiger partial charge in [-0.1, -0.05) is 68.0 Å². The summed E-state index contributed by atoms with van der Waals surface area (Å²) in [7, 11) is 0. The lowest BCUT2D eigenvalue weighted by molar-refractivity contribution is -0.164. The fraction of sp³-hybridized carbons (Fsp3) is 0.379. The number of amides is 2. The Labute approximate surface area is 213 Å². The van der Waals surface area contributed by atoms with Crippen LogP contribution in [0.2, 0.25) is 0 Å². The number of esters is 1. The molecule has 0 radical (unpaired) electrons. The Kier molecular flexibility index (Phi) is 8.80. The van der Waals surface area contributed by atoms with E-state index in [2.05, 4.69) is 17.2 Å². The van der Waals surface area contributed by atoms with E-state index in [0.29, 0.717) is 24.2 Å². The summed E-state index contributed by atoms with van der Waals surface area (Å²) >= 11 is 0. The average molecular weight is 490 g/mol. The van der Waals surface area contributed by atoms with Crippen molar-refractivity contribution in [3.05, 3.63) is 78.4 Å². The van der Waals surface area contributed by atoms with Crippen LogP contribution in [0.3, 0.4) is 0 Å². The van der Waals surface area contributed by atoms with Gasteiger partial charge in [0.15, 0.2) is 0 Å². The number of hydrogen-bond donors (Lipinski definition) is 2. The van der Waals surface area contributed by atoms with Crippen LogP contribution in [0.15, 0.2) is 72.2 Å². The van der Waals surface area contributed by atoms with Gasteiger partial charge in [0.05, 0.1) is 23.2 Å². The van der Waals surface area contributed by atoms with Gasteiger partial charge in [-0.2, -0.15) is 0 Å². The highest BCUT2D eigenvalue weighted by Crippen LogP contribution is 2.27. The van der Waals surface area contributed by atoms with Crippen molar-refractivity contribution in [3.8, 4) is 0 Å². The summed E-state index contributed by atoms with van der Waals surface area (Å²) in [5.41, 5.74) is 2.11. The van der Waals surface area contributed by atoms with Crippen LogP contribution in [0.4, 0.5) is 5.69 Å². The topological polar surface area (TPSA) is 96.9 Å². The van der Waals surface area contributed by atoms with E-state index in [1.165, 1.54) is 0 Å². The van der Waals surface area contributed by atoms with Gasteiger partial charge in [0.1, 0.15) is 5.60 Å². The largest absolute Gasteiger partial charge is 0.460 e. The summed E-state index contributed by atoms with van der Waals surface area (Å²) in [6, 6.07) is 16.9. The minimum Gasteiger partial charge on any atom is -0.460 e. The summed E-state index contributed by atoms with van der Waals surface area (Å²) in [4.78, 5) is 44.4. The predicted octanol–water partition coefficient (Wildman–Crippen LogP) is 4.87. The Morgan fingerprint density at radius 3 is 2.42 bits per heavy atom. The highest BCUT2D eigenvalue weighted by Gasteiger charge is 2.37. The molecule has 0 aromatic heterocycles. The highest BCUT2D eigenvalue weighted by atomic mass is 16.6. The third kappa shape index (κ3) is 6.68. The Hall–Kier alpha value is -3.74. The van der Waals surface area contributed by atoms with Gasteiger partial charge >= 0.3 is 5.97 Å². The van der Waals surface area contributed by atoms with Crippen LogP contribution in [-0.2, 0) is 19.1 Å². The fourth-order valence-electron chi connectivity index (χ4n) is 4.23. The zero-order valence-electron chi connectivity index (χ0n) is 21.4. The van der Waals surface area contributed by atoms with Crippen molar-refractivity contribution in [2.75, 3.05) is 5.32 Å². The first-order valence-electron chi connectivity index (χ1n) is 12.3. The summed E-state index contributed by atoms with van der Waals surface area (Å²) < 4.78 is 5.60. The molecule has 2 amide bonds. The molecule has 190 valence electrons. The minimum absolute atomic E-state index is 0.286. The molecular formula is C29H35N3O4. The maximum atomic E-state index is 13.6. The number of allylic oxidation sites excluding steroid dienone is 1. The van der Waals surface area contributed by atoms with Crippen LogP contribution >= 0.6 is 0 Å². The molecule has 2 N–H and O–H groups in total. The summed E-state index contributed by atoms with van der Waals surface area (Å²) in [5, 5.41) is 5.68. The predicted molar refractivity (Wildman–Crippen MR) is 142 cm³/mol. The number of fused-ring (bicyclic) bond motifs is 1. The molecule has 2 aromatic rings. The highest BCUT2D eigenvalue weighted by molar-refractivity contribution is 6.19. The second kappa shape index (κ2) is 11.8. The van der Waals surface area contributed by atoms with Crippen molar-refractivity contribution < 1.29 is 19.1 Å². The number of carbonyl (C=O) groups excluding carboxylic acids is 3. The number of anilines is 1. The molecule has 3 rings (SSSR count). The van der Waals surface area contributed by atoms with E-state index in [1.54, 1.807) is 32.9 Å². The molecule has 36 heavy (non-hydrogen) atoms. The lowest BCUT2D eigenvalue weighted by Crippen LogP contribution is -2.47. The molecule has 2 aromatic carbocycles. The van der Waals surface area contributed by atoms with Gasteiger partial charge in [0.2, 0.25) is 12.1 Å². The van der Waals surface area contributed by atoms with Gasteiger partial charge in [0, 0.05) is 11.1 Å². The van der Waals surface area contributed by atoms with E-state index in [9.17, 15) is 14.4 Å². The SMILES string of the molecule is C=CC[C@H](C(=O)OC(C)(C)C)[C@@H](CCC)C(=O)NC1N=C(c2ccccc2)c2ccccc2NC1=O. The first-order valence-corrected chi connectivity index (χ1v) is 12.3. The normalized spacial score (nSPS) is 16.9. The molecule has 0 saturated carbocycles. The van der Waals surface area contributed by atoms with Crippen molar-refractivity contribution in [3.63, 3.8) is 0 Å². The van der Waals surface area contributed by atoms with Crippen molar-refractivity contribution >= 4 is 29.2 Å². The zero-order valence-corrected chi connectivity index (χ0v) is 21.4. The Morgan fingerprint density at radius 1 is 1.11 bits per heavy atom. The van der Waals surface area contributed by atoms with Crippen LogP contribution in [-0.4, -0.2) is 35.3 Å². The standard InChI is InChI=1S/C29H35N3O4/c1-6-13-20(21(14-7-2)28(35)36-29(3,4)5)26(33)32-25-27(34)30-23-18-12-11-17-22(23)24(31-25)19-15-9-8-10-16-19/h7-12,15-18,20-21,25H,2,6,13-14H2,1,3-5H3,(H,30,34)(H,32,33)/t20-,21+,25?/m1/s1. The van der Waals surface area contributed by atoms with Crippen LogP contribution in [0.25, 0.3) is 0 Å². The molecule has 0 spiro atoms. The van der Waals surface area contributed by atoms with Crippen LogP contribution in [0.5, 0.6) is 0 Å². The Morgan fingerprint density at radius 2 is 1.78 bits per heavy atom. The first kappa shape index (κ1) is 26.9. The number of ether oxygens (including phenoxy) is 1. The van der Waals surface area contributed by atoms with Crippen molar-refractivity contribution in [2.24, 2.45) is 16.8 Å². The van der Waals surface area contributed by atoms with Gasteiger partial charge in [-0.3, -0.25) is 14.4 Å². The van der Waals surface area contributed by atoms with E-state index in [0.717, 1.165) is 11.1 Å².